The molecule has 0 unspecified atom stereocenters. The maximum absolute atomic E-state index is 12.9. The van der Waals surface area contributed by atoms with Crippen molar-refractivity contribution in [3.63, 3.8) is 0 Å². The minimum atomic E-state index is -0.0425. The predicted molar refractivity (Wildman–Crippen MR) is 116 cm³/mol. The molecule has 5 rings (SSSR count). The number of hydrogen-bond donors (Lipinski definition) is 0. The first-order chi connectivity index (χ1) is 14.4. The number of amides is 1. The summed E-state index contributed by atoms with van der Waals surface area (Å²) in [6.07, 6.45) is 9.04. The Labute approximate surface area is 177 Å². The van der Waals surface area contributed by atoms with E-state index in [4.69, 9.17) is 4.74 Å². The zero-order valence-electron chi connectivity index (χ0n) is 17.9. The molecule has 0 radical (unpaired) electrons. The van der Waals surface area contributed by atoms with E-state index in [9.17, 15) is 4.79 Å². The summed E-state index contributed by atoms with van der Waals surface area (Å²) < 4.78 is 7.91. The van der Waals surface area contributed by atoms with Crippen molar-refractivity contribution < 1.29 is 9.53 Å². The molecule has 2 aromatic rings. The van der Waals surface area contributed by atoms with Crippen LogP contribution >= 0.6 is 0 Å². The van der Waals surface area contributed by atoms with E-state index >= 15 is 0 Å². The van der Waals surface area contributed by atoms with Gasteiger partial charge in [0.25, 0.3) is 0 Å². The van der Waals surface area contributed by atoms with Crippen molar-refractivity contribution >= 4 is 17.4 Å². The van der Waals surface area contributed by atoms with Crippen molar-refractivity contribution in [1.29, 1.82) is 0 Å². The van der Waals surface area contributed by atoms with Gasteiger partial charge in [0.05, 0.1) is 17.5 Å². The standard InChI is InChI=1S/C24H28N4O2/c1-24(2,3)21-14-27(15-26-21)22-12-19-17-6-4-7-18(20-8-5-11-30-20)16(17)9-10-28(19)23(29)13-25-22/h4,6-7,12,14-15,20H,5,8-11,13H2,1-3H3/t20-/m1/s1. The fourth-order valence-electron chi connectivity index (χ4n) is 4.55. The zero-order valence-corrected chi connectivity index (χ0v) is 17.9. The molecule has 0 saturated carbocycles. The smallest absolute Gasteiger partial charge is 0.248 e. The minimum absolute atomic E-state index is 0.0422. The van der Waals surface area contributed by atoms with Crippen LogP contribution in [0.25, 0.3) is 5.70 Å². The third-order valence-corrected chi connectivity index (χ3v) is 6.20. The molecule has 1 saturated heterocycles. The highest BCUT2D eigenvalue weighted by Gasteiger charge is 2.31. The number of benzene rings is 1. The van der Waals surface area contributed by atoms with E-state index in [0.29, 0.717) is 6.54 Å². The topological polar surface area (TPSA) is 59.7 Å². The van der Waals surface area contributed by atoms with Gasteiger partial charge in [-0.25, -0.2) is 4.98 Å². The van der Waals surface area contributed by atoms with E-state index in [1.165, 1.54) is 11.1 Å². The van der Waals surface area contributed by atoms with Gasteiger partial charge in [0, 0.05) is 36.4 Å². The summed E-state index contributed by atoms with van der Waals surface area (Å²) in [7, 11) is 0. The summed E-state index contributed by atoms with van der Waals surface area (Å²) >= 11 is 0. The molecule has 1 aromatic heterocycles. The maximum Gasteiger partial charge on any atom is 0.248 e. The van der Waals surface area contributed by atoms with Crippen LogP contribution in [0, 0.1) is 0 Å². The molecule has 6 nitrogen and oxygen atoms in total. The molecule has 1 atom stereocenters. The van der Waals surface area contributed by atoms with E-state index in [1.807, 2.05) is 21.7 Å². The first kappa shape index (κ1) is 19.2. The van der Waals surface area contributed by atoms with Crippen LogP contribution in [0.15, 0.2) is 41.8 Å². The highest BCUT2D eigenvalue weighted by Crippen LogP contribution is 2.38. The Kier molecular flexibility index (Phi) is 4.62. The van der Waals surface area contributed by atoms with Crippen molar-refractivity contribution in [3.05, 3.63) is 59.2 Å². The van der Waals surface area contributed by atoms with Crippen molar-refractivity contribution in [3.8, 4) is 0 Å². The van der Waals surface area contributed by atoms with Gasteiger partial charge >= 0.3 is 0 Å². The molecule has 3 aliphatic heterocycles. The number of hydrogen-bond acceptors (Lipinski definition) is 4. The molecule has 0 aliphatic carbocycles. The number of carbonyl (C=O) groups is 1. The average molecular weight is 405 g/mol. The van der Waals surface area contributed by atoms with Gasteiger partial charge in [0.15, 0.2) is 0 Å². The lowest BCUT2D eigenvalue weighted by Gasteiger charge is -2.32. The molecule has 3 aliphatic rings. The summed E-state index contributed by atoms with van der Waals surface area (Å²) in [5.41, 5.74) is 5.59. The highest BCUT2D eigenvalue weighted by molar-refractivity contribution is 6.06. The molecule has 1 fully saturated rings. The third kappa shape index (κ3) is 3.29. The van der Waals surface area contributed by atoms with Gasteiger partial charge in [-0.2, -0.15) is 0 Å². The number of fused-ring (bicyclic) bond motifs is 3. The molecule has 0 spiro atoms. The zero-order chi connectivity index (χ0) is 20.9. The summed E-state index contributed by atoms with van der Waals surface area (Å²) in [5, 5.41) is 0. The van der Waals surface area contributed by atoms with Gasteiger partial charge in [-0.3, -0.25) is 14.4 Å². The molecular weight excluding hydrogens is 376 g/mol. The van der Waals surface area contributed by atoms with Gasteiger partial charge in [-0.15, -0.1) is 0 Å². The number of aliphatic imine (C=N–C) groups is 1. The number of nitrogens with zero attached hydrogens (tertiary/aromatic N) is 4. The Hall–Kier alpha value is -2.73. The quantitative estimate of drug-likeness (QED) is 0.728. The van der Waals surface area contributed by atoms with Gasteiger partial charge in [0.1, 0.15) is 18.7 Å². The molecule has 6 heteroatoms. The van der Waals surface area contributed by atoms with Gasteiger partial charge in [-0.1, -0.05) is 39.0 Å². The lowest BCUT2D eigenvalue weighted by molar-refractivity contribution is -0.126. The number of allylic oxidation sites excluding steroid dienone is 1. The van der Waals surface area contributed by atoms with Crippen molar-refractivity contribution in [1.82, 2.24) is 14.5 Å². The van der Waals surface area contributed by atoms with E-state index in [2.05, 4.69) is 48.9 Å². The van der Waals surface area contributed by atoms with Crippen molar-refractivity contribution in [2.45, 2.75) is 51.6 Å². The molecular formula is C24H28N4O2. The Morgan fingerprint density at radius 1 is 1.23 bits per heavy atom. The third-order valence-electron chi connectivity index (χ3n) is 6.20. The Balaban J connectivity index is 1.59. The van der Waals surface area contributed by atoms with Crippen molar-refractivity contribution in [2.75, 3.05) is 19.7 Å². The number of imidazole rings is 1. The number of rotatable bonds is 1. The van der Waals surface area contributed by atoms with Gasteiger partial charge in [-0.05, 0) is 30.4 Å². The normalized spacial score (nSPS) is 21.6. The average Bonchev–Trinajstić information content (AvgIpc) is 3.39. The lowest BCUT2D eigenvalue weighted by Crippen LogP contribution is -2.36. The minimum Gasteiger partial charge on any atom is -0.374 e. The molecule has 1 amide bonds. The first-order valence-electron chi connectivity index (χ1n) is 10.8. The number of ether oxygens (including phenoxy) is 1. The summed E-state index contributed by atoms with van der Waals surface area (Å²) in [5.74, 6) is 0.791. The van der Waals surface area contributed by atoms with E-state index in [1.54, 1.807) is 6.33 Å². The van der Waals surface area contributed by atoms with E-state index < -0.39 is 0 Å². The summed E-state index contributed by atoms with van der Waals surface area (Å²) in [6, 6.07) is 6.39. The Morgan fingerprint density at radius 3 is 2.83 bits per heavy atom. The molecule has 0 bridgehead atoms. The van der Waals surface area contributed by atoms with Crippen molar-refractivity contribution in [2.24, 2.45) is 4.99 Å². The van der Waals surface area contributed by atoms with Crippen LogP contribution < -0.4 is 0 Å². The van der Waals surface area contributed by atoms with Gasteiger partial charge < -0.3 is 9.64 Å². The fraction of sp³-hybridized carbons (Fsp3) is 0.458. The van der Waals surface area contributed by atoms with Gasteiger partial charge in [0.2, 0.25) is 5.91 Å². The molecule has 156 valence electrons. The SMILES string of the molecule is CC(C)(C)c1cn(C2=NCC(=O)N3CCc4c(cccc4[C@H]4CCCO4)C3=C2)cn1. The highest BCUT2D eigenvalue weighted by atomic mass is 16.5. The van der Waals surface area contributed by atoms with Crippen LogP contribution in [-0.2, 0) is 21.4 Å². The number of aromatic nitrogens is 2. The number of carbonyl (C=O) groups excluding carboxylic acids is 1. The Bertz CT molecular complexity index is 1050. The van der Waals surface area contributed by atoms with Crippen LogP contribution in [0.5, 0.6) is 0 Å². The molecule has 0 N–H and O–H groups in total. The summed E-state index contributed by atoms with van der Waals surface area (Å²) in [4.78, 5) is 23.9. The Morgan fingerprint density at radius 2 is 2.10 bits per heavy atom. The maximum atomic E-state index is 12.9. The molecule has 30 heavy (non-hydrogen) atoms. The second kappa shape index (κ2) is 7.20. The largest absolute Gasteiger partial charge is 0.374 e. The second-order valence-corrected chi connectivity index (χ2v) is 9.29. The van der Waals surface area contributed by atoms with E-state index in [-0.39, 0.29) is 24.0 Å². The lowest BCUT2D eigenvalue weighted by atomic mass is 9.89. The molecule has 4 heterocycles. The first-order valence-corrected chi connectivity index (χ1v) is 10.8. The predicted octanol–water partition coefficient (Wildman–Crippen LogP) is 3.72. The summed E-state index contributed by atoms with van der Waals surface area (Å²) in [6.45, 7) is 8.09. The second-order valence-electron chi connectivity index (χ2n) is 9.29. The molecule has 1 aromatic carbocycles. The van der Waals surface area contributed by atoms with Crippen LogP contribution in [-0.4, -0.2) is 45.9 Å². The fourth-order valence-corrected chi connectivity index (χ4v) is 4.55. The van der Waals surface area contributed by atoms with Crippen LogP contribution in [0.4, 0.5) is 0 Å². The van der Waals surface area contributed by atoms with Crippen LogP contribution in [0.2, 0.25) is 0 Å². The van der Waals surface area contributed by atoms with Crippen LogP contribution in [0.3, 0.4) is 0 Å². The monoisotopic (exact) mass is 404 g/mol. The van der Waals surface area contributed by atoms with E-state index in [0.717, 1.165) is 48.7 Å². The van der Waals surface area contributed by atoms with Crippen LogP contribution in [0.1, 0.15) is 62.1 Å².